The van der Waals surface area contributed by atoms with Crippen LogP contribution in [0.15, 0.2) is 57.8 Å². The molecule has 1 amide bonds. The van der Waals surface area contributed by atoms with Crippen molar-refractivity contribution >= 4 is 16.9 Å². The van der Waals surface area contributed by atoms with Crippen molar-refractivity contribution < 1.29 is 13.6 Å². The van der Waals surface area contributed by atoms with Crippen LogP contribution in [0.4, 0.5) is 0 Å². The normalized spacial score (nSPS) is 11.2. The lowest BCUT2D eigenvalue weighted by Gasteiger charge is -2.23. The molecule has 0 saturated heterocycles. The van der Waals surface area contributed by atoms with Gasteiger partial charge in [-0.2, -0.15) is 0 Å². The Morgan fingerprint density at radius 2 is 2.05 bits per heavy atom. The highest BCUT2D eigenvalue weighted by Crippen LogP contribution is 2.21. The molecule has 4 nitrogen and oxygen atoms in total. The molecule has 0 radical (unpaired) electrons. The van der Waals surface area contributed by atoms with Crippen LogP contribution in [0.25, 0.3) is 11.0 Å². The zero-order valence-corrected chi connectivity index (χ0v) is 12.8. The van der Waals surface area contributed by atoms with E-state index in [0.29, 0.717) is 24.6 Å². The van der Waals surface area contributed by atoms with E-state index in [9.17, 15) is 4.79 Å². The zero-order valence-electron chi connectivity index (χ0n) is 12.8. The van der Waals surface area contributed by atoms with Crippen LogP contribution in [0, 0.1) is 5.92 Å². The molecule has 1 aromatic carbocycles. The maximum absolute atomic E-state index is 12.6. The lowest BCUT2D eigenvalue weighted by Crippen LogP contribution is -2.33. The highest BCUT2D eigenvalue weighted by Gasteiger charge is 2.19. The summed E-state index contributed by atoms with van der Waals surface area (Å²) in [4.78, 5) is 14.4. The third-order valence-corrected chi connectivity index (χ3v) is 3.46. The zero-order chi connectivity index (χ0) is 15.5. The number of para-hydroxylation sites is 1. The summed E-state index contributed by atoms with van der Waals surface area (Å²) in [6, 6.07) is 11.5. The highest BCUT2D eigenvalue weighted by molar-refractivity contribution is 5.93. The van der Waals surface area contributed by atoms with Crippen LogP contribution in [0.3, 0.4) is 0 Å². The van der Waals surface area contributed by atoms with Gasteiger partial charge in [0, 0.05) is 11.9 Å². The summed E-state index contributed by atoms with van der Waals surface area (Å²) in [5.41, 5.74) is 1.41. The molecule has 4 heteroatoms. The molecule has 0 N–H and O–H groups in total. The van der Waals surface area contributed by atoms with Crippen molar-refractivity contribution in [2.24, 2.45) is 5.92 Å². The SMILES string of the molecule is CC(C)CN(Cc1cc2ccccc2o1)C(=O)c1ccoc1. The van der Waals surface area contributed by atoms with Gasteiger partial charge in [-0.25, -0.2) is 0 Å². The van der Waals surface area contributed by atoms with E-state index in [1.54, 1.807) is 11.0 Å². The van der Waals surface area contributed by atoms with E-state index in [1.165, 1.54) is 12.5 Å². The fourth-order valence-electron chi connectivity index (χ4n) is 2.53. The van der Waals surface area contributed by atoms with Gasteiger partial charge in [0.05, 0.1) is 18.4 Å². The minimum Gasteiger partial charge on any atom is -0.472 e. The molecular formula is C18H19NO3. The lowest BCUT2D eigenvalue weighted by atomic mass is 10.1. The first kappa shape index (κ1) is 14.4. The molecule has 0 aliphatic carbocycles. The van der Waals surface area contributed by atoms with E-state index in [1.807, 2.05) is 30.3 Å². The van der Waals surface area contributed by atoms with Crippen LogP contribution in [0.2, 0.25) is 0 Å². The summed E-state index contributed by atoms with van der Waals surface area (Å²) in [7, 11) is 0. The Morgan fingerprint density at radius 1 is 1.23 bits per heavy atom. The van der Waals surface area contributed by atoms with E-state index < -0.39 is 0 Å². The number of amides is 1. The van der Waals surface area contributed by atoms with Gasteiger partial charge in [-0.15, -0.1) is 0 Å². The third kappa shape index (κ3) is 3.06. The Labute approximate surface area is 129 Å². The first-order valence-electron chi connectivity index (χ1n) is 7.42. The second kappa shape index (κ2) is 6.10. The van der Waals surface area contributed by atoms with Crippen LogP contribution < -0.4 is 0 Å². The standard InChI is InChI=1S/C18H19NO3/c1-13(2)10-19(18(20)15-7-8-21-12-15)11-16-9-14-5-3-4-6-17(14)22-16/h3-9,12-13H,10-11H2,1-2H3. The molecule has 0 atom stereocenters. The van der Waals surface area contributed by atoms with Crippen molar-refractivity contribution in [3.05, 3.63) is 60.2 Å². The maximum atomic E-state index is 12.6. The molecule has 0 unspecified atom stereocenters. The first-order valence-corrected chi connectivity index (χ1v) is 7.42. The molecule has 2 aromatic heterocycles. The van der Waals surface area contributed by atoms with Gasteiger partial charge >= 0.3 is 0 Å². The Balaban J connectivity index is 1.84. The maximum Gasteiger partial charge on any atom is 0.257 e. The summed E-state index contributed by atoms with van der Waals surface area (Å²) in [5.74, 6) is 1.13. The van der Waals surface area contributed by atoms with Gasteiger partial charge in [-0.3, -0.25) is 4.79 Å². The molecular weight excluding hydrogens is 278 g/mol. The first-order chi connectivity index (χ1) is 10.6. The minimum atomic E-state index is -0.0390. The van der Waals surface area contributed by atoms with Crippen LogP contribution >= 0.6 is 0 Å². The Kier molecular flexibility index (Phi) is 4.00. The quantitative estimate of drug-likeness (QED) is 0.704. The van der Waals surface area contributed by atoms with Crippen LogP contribution in [-0.2, 0) is 6.54 Å². The Bertz CT molecular complexity index is 723. The molecule has 2 heterocycles. The molecule has 3 aromatic rings. The Hall–Kier alpha value is -2.49. The predicted octanol–water partition coefficient (Wildman–Crippen LogP) is 4.32. The van der Waals surface area contributed by atoms with Gasteiger partial charge in [-0.05, 0) is 24.1 Å². The second-order valence-electron chi connectivity index (χ2n) is 5.84. The number of carbonyl (C=O) groups excluding carboxylic acids is 1. The number of carbonyl (C=O) groups is 1. The smallest absolute Gasteiger partial charge is 0.257 e. The lowest BCUT2D eigenvalue weighted by molar-refractivity contribution is 0.0710. The van der Waals surface area contributed by atoms with Gasteiger partial charge in [0.2, 0.25) is 0 Å². The van der Waals surface area contributed by atoms with Gasteiger partial charge in [0.1, 0.15) is 17.6 Å². The number of furan rings is 2. The molecule has 0 bridgehead atoms. The van der Waals surface area contributed by atoms with E-state index in [-0.39, 0.29) is 5.91 Å². The Morgan fingerprint density at radius 3 is 2.73 bits per heavy atom. The van der Waals surface area contributed by atoms with Crippen molar-refractivity contribution in [1.29, 1.82) is 0 Å². The predicted molar refractivity (Wildman–Crippen MR) is 84.5 cm³/mol. The van der Waals surface area contributed by atoms with E-state index in [4.69, 9.17) is 8.83 Å². The molecule has 114 valence electrons. The fourth-order valence-corrected chi connectivity index (χ4v) is 2.53. The topological polar surface area (TPSA) is 46.6 Å². The molecule has 0 saturated carbocycles. The fraction of sp³-hybridized carbons (Fsp3) is 0.278. The monoisotopic (exact) mass is 297 g/mol. The molecule has 0 aliphatic heterocycles. The average Bonchev–Trinajstić information content (AvgIpc) is 3.14. The van der Waals surface area contributed by atoms with Crippen molar-refractivity contribution in [2.75, 3.05) is 6.54 Å². The highest BCUT2D eigenvalue weighted by atomic mass is 16.3. The summed E-state index contributed by atoms with van der Waals surface area (Å²) in [5, 5.41) is 1.05. The number of rotatable bonds is 5. The summed E-state index contributed by atoms with van der Waals surface area (Å²) in [6.45, 7) is 5.31. The number of fused-ring (bicyclic) bond motifs is 1. The number of benzene rings is 1. The van der Waals surface area contributed by atoms with Crippen LogP contribution in [0.5, 0.6) is 0 Å². The van der Waals surface area contributed by atoms with Crippen molar-refractivity contribution in [2.45, 2.75) is 20.4 Å². The molecule has 22 heavy (non-hydrogen) atoms. The average molecular weight is 297 g/mol. The molecule has 0 fully saturated rings. The summed E-state index contributed by atoms with van der Waals surface area (Å²) < 4.78 is 10.8. The third-order valence-electron chi connectivity index (χ3n) is 3.46. The molecule has 3 rings (SSSR count). The van der Waals surface area contributed by atoms with E-state index in [0.717, 1.165) is 16.7 Å². The molecule has 0 spiro atoms. The number of nitrogens with zero attached hydrogens (tertiary/aromatic N) is 1. The van der Waals surface area contributed by atoms with Gasteiger partial charge in [-0.1, -0.05) is 32.0 Å². The van der Waals surface area contributed by atoms with Crippen LogP contribution in [0.1, 0.15) is 30.0 Å². The minimum absolute atomic E-state index is 0.0390. The summed E-state index contributed by atoms with van der Waals surface area (Å²) >= 11 is 0. The van der Waals surface area contributed by atoms with Crippen molar-refractivity contribution in [3.63, 3.8) is 0 Å². The van der Waals surface area contributed by atoms with Gasteiger partial charge < -0.3 is 13.7 Å². The van der Waals surface area contributed by atoms with Gasteiger partial charge in [0.25, 0.3) is 5.91 Å². The number of hydrogen-bond acceptors (Lipinski definition) is 3. The second-order valence-corrected chi connectivity index (χ2v) is 5.84. The summed E-state index contributed by atoms with van der Waals surface area (Å²) in [6.07, 6.45) is 3.00. The number of hydrogen-bond donors (Lipinski definition) is 0. The van der Waals surface area contributed by atoms with E-state index >= 15 is 0 Å². The van der Waals surface area contributed by atoms with E-state index in [2.05, 4.69) is 13.8 Å². The largest absolute Gasteiger partial charge is 0.472 e. The van der Waals surface area contributed by atoms with Crippen molar-refractivity contribution in [3.8, 4) is 0 Å². The van der Waals surface area contributed by atoms with Crippen molar-refractivity contribution in [1.82, 2.24) is 4.90 Å². The van der Waals surface area contributed by atoms with Gasteiger partial charge in [0.15, 0.2) is 0 Å². The van der Waals surface area contributed by atoms with Crippen LogP contribution in [-0.4, -0.2) is 17.4 Å². The molecule has 0 aliphatic rings.